The van der Waals surface area contributed by atoms with Crippen LogP contribution >= 0.6 is 12.2 Å². The SMILES string of the molecule is CCOC(=O)CN(C)CCC(N)=S. The first-order chi connectivity index (χ1) is 6.06. The molecule has 0 aromatic rings. The van der Waals surface area contributed by atoms with Gasteiger partial charge in [-0.05, 0) is 14.0 Å². The van der Waals surface area contributed by atoms with Crippen LogP contribution in [0.2, 0.25) is 0 Å². The lowest BCUT2D eigenvalue weighted by molar-refractivity contribution is -0.144. The highest BCUT2D eigenvalue weighted by molar-refractivity contribution is 7.80. The summed E-state index contributed by atoms with van der Waals surface area (Å²) < 4.78 is 4.77. The Balaban J connectivity index is 3.55. The maximum Gasteiger partial charge on any atom is 0.320 e. The second kappa shape index (κ2) is 6.80. The topological polar surface area (TPSA) is 55.6 Å². The first kappa shape index (κ1) is 12.3. The molecule has 0 bridgehead atoms. The molecule has 0 aromatic heterocycles. The summed E-state index contributed by atoms with van der Waals surface area (Å²) in [5.41, 5.74) is 5.32. The molecule has 0 aliphatic heterocycles. The molecule has 0 radical (unpaired) electrons. The van der Waals surface area contributed by atoms with Crippen LogP contribution in [0.3, 0.4) is 0 Å². The number of likely N-dealkylation sites (N-methyl/N-ethyl adjacent to an activating group) is 1. The summed E-state index contributed by atoms with van der Waals surface area (Å²) in [7, 11) is 1.83. The number of carbonyl (C=O) groups excluding carboxylic acids is 1. The van der Waals surface area contributed by atoms with Crippen LogP contribution in [0.25, 0.3) is 0 Å². The van der Waals surface area contributed by atoms with Gasteiger partial charge in [-0.1, -0.05) is 12.2 Å². The average Bonchev–Trinajstić information content (AvgIpc) is 2.01. The Labute approximate surface area is 84.0 Å². The molecule has 0 aliphatic carbocycles. The van der Waals surface area contributed by atoms with Crippen molar-refractivity contribution in [3.05, 3.63) is 0 Å². The van der Waals surface area contributed by atoms with Crippen molar-refractivity contribution < 1.29 is 9.53 Å². The van der Waals surface area contributed by atoms with Crippen LogP contribution in [0.1, 0.15) is 13.3 Å². The molecule has 0 rings (SSSR count). The van der Waals surface area contributed by atoms with Crippen molar-refractivity contribution in [2.24, 2.45) is 5.73 Å². The van der Waals surface area contributed by atoms with Gasteiger partial charge in [-0.25, -0.2) is 0 Å². The molecule has 4 nitrogen and oxygen atoms in total. The van der Waals surface area contributed by atoms with Crippen molar-refractivity contribution in [2.45, 2.75) is 13.3 Å². The summed E-state index contributed by atoms with van der Waals surface area (Å²) in [6.45, 7) is 3.18. The van der Waals surface area contributed by atoms with Gasteiger partial charge in [0.25, 0.3) is 0 Å². The number of carbonyl (C=O) groups is 1. The molecular weight excluding hydrogens is 188 g/mol. The van der Waals surface area contributed by atoms with E-state index in [1.807, 2.05) is 11.9 Å². The number of nitrogens with two attached hydrogens (primary N) is 1. The van der Waals surface area contributed by atoms with Crippen molar-refractivity contribution in [1.29, 1.82) is 0 Å². The summed E-state index contributed by atoms with van der Waals surface area (Å²) in [6, 6.07) is 0. The van der Waals surface area contributed by atoms with Crippen molar-refractivity contribution in [1.82, 2.24) is 4.90 Å². The molecule has 0 atom stereocenters. The number of hydrogen-bond acceptors (Lipinski definition) is 4. The number of hydrogen-bond donors (Lipinski definition) is 1. The second-order valence-corrected chi connectivity index (χ2v) is 3.28. The lowest BCUT2D eigenvalue weighted by atomic mass is 10.4. The van der Waals surface area contributed by atoms with E-state index < -0.39 is 0 Å². The summed E-state index contributed by atoms with van der Waals surface area (Å²) >= 11 is 4.71. The lowest BCUT2D eigenvalue weighted by Gasteiger charge is -2.14. The largest absolute Gasteiger partial charge is 0.465 e. The first-order valence-corrected chi connectivity index (χ1v) is 4.59. The fourth-order valence-corrected chi connectivity index (χ4v) is 0.898. The monoisotopic (exact) mass is 204 g/mol. The van der Waals surface area contributed by atoms with E-state index in [9.17, 15) is 4.79 Å². The quantitative estimate of drug-likeness (QED) is 0.493. The minimum atomic E-state index is -0.215. The Morgan fingerprint density at radius 1 is 1.62 bits per heavy atom. The predicted octanol–water partition coefficient (Wildman–Crippen LogP) is 0.158. The van der Waals surface area contributed by atoms with Gasteiger partial charge in [0.05, 0.1) is 18.1 Å². The smallest absolute Gasteiger partial charge is 0.320 e. The first-order valence-electron chi connectivity index (χ1n) is 4.18. The van der Waals surface area contributed by atoms with Crippen LogP contribution in [-0.2, 0) is 9.53 Å². The number of esters is 1. The zero-order valence-electron chi connectivity index (χ0n) is 8.08. The van der Waals surface area contributed by atoms with E-state index in [4.69, 9.17) is 22.7 Å². The Morgan fingerprint density at radius 3 is 2.69 bits per heavy atom. The van der Waals surface area contributed by atoms with Gasteiger partial charge in [0.15, 0.2) is 0 Å². The molecule has 0 aliphatic rings. The molecule has 0 unspecified atom stereocenters. The number of ether oxygens (including phenoxy) is 1. The molecule has 0 saturated heterocycles. The minimum Gasteiger partial charge on any atom is -0.465 e. The second-order valence-electron chi connectivity index (χ2n) is 2.76. The fourth-order valence-electron chi connectivity index (χ4n) is 0.807. The van der Waals surface area contributed by atoms with Crippen molar-refractivity contribution in [2.75, 3.05) is 26.7 Å². The summed E-state index contributed by atoms with van der Waals surface area (Å²) in [5, 5.41) is 0. The predicted molar refractivity (Wildman–Crippen MR) is 55.5 cm³/mol. The molecule has 0 heterocycles. The molecule has 0 fully saturated rings. The highest BCUT2D eigenvalue weighted by Crippen LogP contribution is 1.89. The lowest BCUT2D eigenvalue weighted by Crippen LogP contribution is -2.30. The average molecular weight is 204 g/mol. The molecule has 0 spiro atoms. The van der Waals surface area contributed by atoms with Gasteiger partial charge >= 0.3 is 5.97 Å². The molecule has 5 heteroatoms. The molecule has 13 heavy (non-hydrogen) atoms. The van der Waals surface area contributed by atoms with Gasteiger partial charge in [0.2, 0.25) is 0 Å². The summed E-state index contributed by atoms with van der Waals surface area (Å²) in [6.07, 6.45) is 0.630. The highest BCUT2D eigenvalue weighted by Gasteiger charge is 2.06. The molecule has 2 N–H and O–H groups in total. The van der Waals surface area contributed by atoms with E-state index in [-0.39, 0.29) is 12.5 Å². The van der Waals surface area contributed by atoms with Crippen LogP contribution in [0.15, 0.2) is 0 Å². The zero-order valence-corrected chi connectivity index (χ0v) is 8.89. The molecular formula is C8H16N2O2S. The molecule has 0 amide bonds. The van der Waals surface area contributed by atoms with Crippen LogP contribution in [0, 0.1) is 0 Å². The van der Waals surface area contributed by atoms with Crippen LogP contribution in [0.4, 0.5) is 0 Å². The normalized spacial score (nSPS) is 10.1. The molecule has 0 aromatic carbocycles. The van der Waals surface area contributed by atoms with Crippen LogP contribution in [0.5, 0.6) is 0 Å². The van der Waals surface area contributed by atoms with Crippen LogP contribution in [-0.4, -0.2) is 42.6 Å². The van der Waals surface area contributed by atoms with Crippen molar-refractivity contribution in [3.8, 4) is 0 Å². The van der Waals surface area contributed by atoms with E-state index in [1.54, 1.807) is 6.92 Å². The third-order valence-corrected chi connectivity index (χ3v) is 1.65. The Bertz CT molecular complexity index is 185. The number of thiocarbonyl (C=S) groups is 1. The van der Waals surface area contributed by atoms with Crippen LogP contribution < -0.4 is 5.73 Å². The van der Waals surface area contributed by atoms with Gasteiger partial charge < -0.3 is 10.5 Å². The van der Waals surface area contributed by atoms with E-state index in [2.05, 4.69) is 0 Å². The number of rotatable bonds is 6. The molecule has 76 valence electrons. The summed E-state index contributed by atoms with van der Waals surface area (Å²) in [5.74, 6) is -0.215. The third-order valence-electron chi connectivity index (χ3n) is 1.44. The van der Waals surface area contributed by atoms with Gasteiger partial charge in [0.1, 0.15) is 0 Å². The van der Waals surface area contributed by atoms with E-state index in [1.165, 1.54) is 0 Å². The Kier molecular flexibility index (Phi) is 6.44. The van der Waals surface area contributed by atoms with Crippen molar-refractivity contribution >= 4 is 23.2 Å². The molecule has 0 saturated carbocycles. The van der Waals surface area contributed by atoms with Crippen molar-refractivity contribution in [3.63, 3.8) is 0 Å². The highest BCUT2D eigenvalue weighted by atomic mass is 32.1. The van der Waals surface area contributed by atoms with Gasteiger partial charge in [-0.3, -0.25) is 9.69 Å². The van der Waals surface area contributed by atoms with E-state index in [0.29, 0.717) is 24.6 Å². The van der Waals surface area contributed by atoms with E-state index in [0.717, 1.165) is 0 Å². The number of nitrogens with zero attached hydrogens (tertiary/aromatic N) is 1. The third kappa shape index (κ3) is 7.67. The Morgan fingerprint density at radius 2 is 2.23 bits per heavy atom. The maximum absolute atomic E-state index is 11.0. The standard InChI is InChI=1S/C8H16N2O2S/c1-3-12-8(11)6-10(2)5-4-7(9)13/h3-6H2,1-2H3,(H2,9,13). The van der Waals surface area contributed by atoms with Gasteiger partial charge in [0, 0.05) is 13.0 Å². The minimum absolute atomic E-state index is 0.215. The van der Waals surface area contributed by atoms with Gasteiger partial charge in [-0.2, -0.15) is 0 Å². The summed E-state index contributed by atoms with van der Waals surface area (Å²) in [4.78, 5) is 13.3. The van der Waals surface area contributed by atoms with E-state index >= 15 is 0 Å². The fraction of sp³-hybridized carbons (Fsp3) is 0.750. The van der Waals surface area contributed by atoms with Gasteiger partial charge in [-0.15, -0.1) is 0 Å². The maximum atomic E-state index is 11.0. The Hall–Kier alpha value is -0.680. The zero-order chi connectivity index (χ0) is 10.3.